The highest BCUT2D eigenvalue weighted by molar-refractivity contribution is 7.92. The molecule has 0 aromatic heterocycles. The summed E-state index contributed by atoms with van der Waals surface area (Å²) in [6, 6.07) is 2.61. The fourth-order valence-corrected chi connectivity index (χ4v) is 2.69. The molecule has 0 aliphatic rings. The maximum atomic E-state index is 13.8. The van der Waals surface area contributed by atoms with Crippen LogP contribution in [0.25, 0.3) is 0 Å². The van der Waals surface area contributed by atoms with Crippen LogP contribution in [-0.4, -0.2) is 33.7 Å². The first-order chi connectivity index (χ1) is 10.1. The molecule has 0 saturated carbocycles. The van der Waals surface area contributed by atoms with E-state index >= 15 is 0 Å². The molecule has 8 heteroatoms. The Kier molecular flexibility index (Phi) is 6.28. The molecule has 0 aliphatic carbocycles. The minimum atomic E-state index is -3.79. The molecule has 0 radical (unpaired) electrons. The van der Waals surface area contributed by atoms with Crippen LogP contribution in [0.1, 0.15) is 20.3 Å². The molecule has 0 saturated heterocycles. The quantitative estimate of drug-likeness (QED) is 0.828. The Morgan fingerprint density at radius 2 is 1.95 bits per heavy atom. The van der Waals surface area contributed by atoms with Crippen molar-refractivity contribution in [3.8, 4) is 0 Å². The van der Waals surface area contributed by atoms with Crippen molar-refractivity contribution >= 4 is 21.6 Å². The zero-order chi connectivity index (χ0) is 16.9. The van der Waals surface area contributed by atoms with Crippen molar-refractivity contribution in [3.05, 3.63) is 29.8 Å². The number of carbonyl (C=O) groups excluding carboxylic acids is 1. The van der Waals surface area contributed by atoms with Gasteiger partial charge in [0.2, 0.25) is 15.9 Å². The lowest BCUT2D eigenvalue weighted by Crippen LogP contribution is -2.36. The summed E-state index contributed by atoms with van der Waals surface area (Å²) in [7, 11) is -3.79. The third-order valence-electron chi connectivity index (χ3n) is 2.83. The molecule has 5 nitrogen and oxygen atoms in total. The second-order valence-electron chi connectivity index (χ2n) is 5.38. The van der Waals surface area contributed by atoms with Gasteiger partial charge in [0.15, 0.2) is 0 Å². The van der Waals surface area contributed by atoms with E-state index in [9.17, 15) is 22.0 Å². The van der Waals surface area contributed by atoms with Crippen LogP contribution in [0.5, 0.6) is 0 Å². The van der Waals surface area contributed by atoms with Crippen LogP contribution in [0, 0.1) is 17.6 Å². The lowest BCUT2D eigenvalue weighted by molar-refractivity contribution is -0.121. The van der Waals surface area contributed by atoms with E-state index in [2.05, 4.69) is 5.32 Å². The van der Waals surface area contributed by atoms with Gasteiger partial charge in [-0.2, -0.15) is 0 Å². The number of hydrogen-bond donors (Lipinski definition) is 1. The highest BCUT2D eigenvalue weighted by Crippen LogP contribution is 2.22. The Morgan fingerprint density at radius 1 is 1.32 bits per heavy atom. The number of benzene rings is 1. The normalized spacial score (nSPS) is 11.5. The second kappa shape index (κ2) is 7.53. The van der Waals surface area contributed by atoms with E-state index < -0.39 is 21.7 Å². The SMILES string of the molecule is CC(C)CNC(=O)CCN(c1ccc(F)cc1F)S(C)(=O)=O. The zero-order valence-corrected chi connectivity index (χ0v) is 13.6. The number of carbonyl (C=O) groups is 1. The topological polar surface area (TPSA) is 66.5 Å². The van der Waals surface area contributed by atoms with Crippen LogP contribution < -0.4 is 9.62 Å². The fraction of sp³-hybridized carbons (Fsp3) is 0.500. The molecule has 0 aliphatic heterocycles. The first-order valence-corrected chi connectivity index (χ1v) is 8.65. The number of hydrogen-bond acceptors (Lipinski definition) is 3. The molecule has 0 bridgehead atoms. The summed E-state index contributed by atoms with van der Waals surface area (Å²) in [5.41, 5.74) is -0.277. The minimum absolute atomic E-state index is 0.114. The lowest BCUT2D eigenvalue weighted by atomic mass is 10.2. The number of rotatable bonds is 7. The van der Waals surface area contributed by atoms with Crippen LogP contribution in [0.2, 0.25) is 0 Å². The van der Waals surface area contributed by atoms with Crippen molar-refractivity contribution < 1.29 is 22.0 Å². The standard InChI is InChI=1S/C14H20F2N2O3S/c1-10(2)9-17-14(19)6-7-18(22(3,20)21)13-5-4-11(15)8-12(13)16/h4-5,8,10H,6-7,9H2,1-3H3,(H,17,19). The smallest absolute Gasteiger partial charge is 0.232 e. The summed E-state index contributed by atoms with van der Waals surface area (Å²) >= 11 is 0. The molecule has 124 valence electrons. The number of nitrogens with zero attached hydrogens (tertiary/aromatic N) is 1. The summed E-state index contributed by atoms with van der Waals surface area (Å²) in [4.78, 5) is 11.7. The number of amides is 1. The molecule has 0 heterocycles. The monoisotopic (exact) mass is 334 g/mol. The summed E-state index contributed by atoms with van der Waals surface area (Å²) in [5.74, 6) is -1.85. The Bertz CT molecular complexity index is 633. The number of nitrogens with one attached hydrogen (secondary N) is 1. The molecule has 0 unspecified atom stereocenters. The summed E-state index contributed by atoms with van der Waals surface area (Å²) in [5, 5.41) is 2.65. The van der Waals surface area contributed by atoms with E-state index in [0.717, 1.165) is 22.7 Å². The van der Waals surface area contributed by atoms with Gasteiger partial charge in [-0.15, -0.1) is 0 Å². The third-order valence-corrected chi connectivity index (χ3v) is 4.01. The molecule has 0 atom stereocenters. The number of sulfonamides is 1. The molecule has 1 aromatic carbocycles. The molecular weight excluding hydrogens is 314 g/mol. The van der Waals surface area contributed by atoms with Crippen molar-refractivity contribution in [3.63, 3.8) is 0 Å². The molecule has 0 spiro atoms. The first-order valence-electron chi connectivity index (χ1n) is 6.80. The van der Waals surface area contributed by atoms with Crippen molar-refractivity contribution in [2.24, 2.45) is 5.92 Å². The summed E-state index contributed by atoms with van der Waals surface area (Å²) in [6.07, 6.45) is 0.790. The molecule has 22 heavy (non-hydrogen) atoms. The lowest BCUT2D eigenvalue weighted by Gasteiger charge is -2.22. The molecule has 0 fully saturated rings. The minimum Gasteiger partial charge on any atom is -0.356 e. The fourth-order valence-electron chi connectivity index (χ4n) is 1.76. The van der Waals surface area contributed by atoms with Crippen LogP contribution >= 0.6 is 0 Å². The van der Waals surface area contributed by atoms with Gasteiger partial charge in [-0.05, 0) is 18.1 Å². The van der Waals surface area contributed by atoms with Crippen molar-refractivity contribution in [2.45, 2.75) is 20.3 Å². The highest BCUT2D eigenvalue weighted by atomic mass is 32.2. The Morgan fingerprint density at radius 3 is 2.45 bits per heavy atom. The predicted octanol–water partition coefficient (Wildman–Crippen LogP) is 1.89. The van der Waals surface area contributed by atoms with Crippen LogP contribution in [0.15, 0.2) is 18.2 Å². The van der Waals surface area contributed by atoms with Crippen LogP contribution in [0.3, 0.4) is 0 Å². The van der Waals surface area contributed by atoms with Crippen molar-refractivity contribution in [2.75, 3.05) is 23.7 Å². The van der Waals surface area contributed by atoms with Gasteiger partial charge in [0, 0.05) is 25.6 Å². The van der Waals surface area contributed by atoms with Crippen LogP contribution in [0.4, 0.5) is 14.5 Å². The zero-order valence-electron chi connectivity index (χ0n) is 12.8. The van der Waals surface area contributed by atoms with Gasteiger partial charge in [-0.25, -0.2) is 17.2 Å². The van der Waals surface area contributed by atoms with E-state index in [1.807, 2.05) is 13.8 Å². The number of halogens is 2. The van der Waals surface area contributed by atoms with E-state index in [1.165, 1.54) is 0 Å². The molecule has 1 rings (SSSR count). The molecule has 1 N–H and O–H groups in total. The second-order valence-corrected chi connectivity index (χ2v) is 7.29. The third kappa shape index (κ3) is 5.59. The maximum absolute atomic E-state index is 13.8. The van der Waals surface area contributed by atoms with Gasteiger partial charge in [0.25, 0.3) is 0 Å². The van der Waals surface area contributed by atoms with Gasteiger partial charge in [-0.3, -0.25) is 9.10 Å². The largest absolute Gasteiger partial charge is 0.356 e. The Labute approximate surface area is 129 Å². The summed E-state index contributed by atoms with van der Waals surface area (Å²) in [6.45, 7) is 4.11. The van der Waals surface area contributed by atoms with E-state index in [-0.39, 0.29) is 30.5 Å². The Hall–Kier alpha value is -1.70. The van der Waals surface area contributed by atoms with Crippen molar-refractivity contribution in [1.82, 2.24) is 5.32 Å². The van der Waals surface area contributed by atoms with Gasteiger partial charge in [0.1, 0.15) is 11.6 Å². The van der Waals surface area contributed by atoms with Gasteiger partial charge >= 0.3 is 0 Å². The van der Waals surface area contributed by atoms with Gasteiger partial charge < -0.3 is 5.32 Å². The highest BCUT2D eigenvalue weighted by Gasteiger charge is 2.22. The van der Waals surface area contributed by atoms with Crippen molar-refractivity contribution in [1.29, 1.82) is 0 Å². The van der Waals surface area contributed by atoms with Gasteiger partial charge in [-0.1, -0.05) is 13.8 Å². The molecular formula is C14H20F2N2O3S. The molecule has 1 amide bonds. The average Bonchev–Trinajstić information content (AvgIpc) is 2.37. The first kappa shape index (κ1) is 18.3. The summed E-state index contributed by atoms with van der Waals surface area (Å²) < 4.78 is 51.0. The van der Waals surface area contributed by atoms with E-state index in [0.29, 0.717) is 12.6 Å². The maximum Gasteiger partial charge on any atom is 0.232 e. The van der Waals surface area contributed by atoms with Gasteiger partial charge in [0.05, 0.1) is 11.9 Å². The van der Waals surface area contributed by atoms with Crippen LogP contribution in [-0.2, 0) is 14.8 Å². The van der Waals surface area contributed by atoms with E-state index in [1.54, 1.807) is 0 Å². The average molecular weight is 334 g/mol. The predicted molar refractivity (Wildman–Crippen MR) is 81.0 cm³/mol. The molecule has 1 aromatic rings. The Balaban J connectivity index is 2.85. The van der Waals surface area contributed by atoms with E-state index in [4.69, 9.17) is 0 Å². The number of anilines is 1.